The summed E-state index contributed by atoms with van der Waals surface area (Å²) in [5, 5.41) is 2.42. The van der Waals surface area contributed by atoms with Crippen LogP contribution >= 0.6 is 11.6 Å². The van der Waals surface area contributed by atoms with Crippen LogP contribution in [0.1, 0.15) is 35.2 Å². The van der Waals surface area contributed by atoms with E-state index < -0.39 is 0 Å². The first-order valence-electron chi connectivity index (χ1n) is 10.2. The van der Waals surface area contributed by atoms with Crippen LogP contribution < -0.4 is 10.6 Å². The number of aromatic nitrogens is 2. The molecule has 1 fully saturated rings. The van der Waals surface area contributed by atoms with Crippen molar-refractivity contribution >= 4 is 39.8 Å². The topological polar surface area (TPSA) is 81.3 Å². The Kier molecular flexibility index (Phi) is 6.16. The van der Waals surface area contributed by atoms with E-state index in [1.807, 2.05) is 25.2 Å². The number of pyridine rings is 2. The van der Waals surface area contributed by atoms with Gasteiger partial charge in [0.2, 0.25) is 0 Å². The largest absolute Gasteiger partial charge is 0.383 e. The summed E-state index contributed by atoms with van der Waals surface area (Å²) >= 11 is 6.18. The molecule has 0 bridgehead atoms. The molecule has 1 aromatic carbocycles. The average molecular weight is 425 g/mol. The van der Waals surface area contributed by atoms with Crippen LogP contribution in [-0.2, 0) is 11.2 Å². The number of nitrogens with zero attached hydrogens (tertiary/aromatic N) is 3. The van der Waals surface area contributed by atoms with Crippen molar-refractivity contribution in [2.45, 2.75) is 31.7 Å². The van der Waals surface area contributed by atoms with Crippen molar-refractivity contribution in [3.05, 3.63) is 58.9 Å². The fraction of sp³-hybridized carbons (Fsp3) is 0.348. The number of fused-ring (bicyclic) bond motifs is 1. The third kappa shape index (κ3) is 4.40. The first-order valence-corrected chi connectivity index (χ1v) is 10.5. The van der Waals surface area contributed by atoms with Crippen molar-refractivity contribution in [2.24, 2.45) is 0 Å². The number of nitrogen functional groups attached to an aromatic ring is 1. The third-order valence-electron chi connectivity index (χ3n) is 5.71. The summed E-state index contributed by atoms with van der Waals surface area (Å²) in [5.41, 5.74) is 7.58. The lowest BCUT2D eigenvalue weighted by Crippen LogP contribution is -2.38. The first-order chi connectivity index (χ1) is 14.5. The molecule has 0 radical (unpaired) electrons. The minimum atomic E-state index is 0.0354. The Labute approximate surface area is 181 Å². The van der Waals surface area contributed by atoms with Crippen molar-refractivity contribution in [3.8, 4) is 0 Å². The van der Waals surface area contributed by atoms with Crippen molar-refractivity contribution in [3.63, 3.8) is 0 Å². The molecule has 156 valence electrons. The van der Waals surface area contributed by atoms with E-state index in [9.17, 15) is 4.79 Å². The maximum Gasteiger partial charge on any atom is 0.166 e. The van der Waals surface area contributed by atoms with Crippen LogP contribution in [0.15, 0.2) is 42.7 Å². The van der Waals surface area contributed by atoms with Gasteiger partial charge in [-0.1, -0.05) is 29.8 Å². The third-order valence-corrected chi connectivity index (χ3v) is 5.91. The van der Waals surface area contributed by atoms with Crippen LogP contribution in [0.5, 0.6) is 0 Å². The van der Waals surface area contributed by atoms with Crippen LogP contribution in [0.3, 0.4) is 0 Å². The van der Waals surface area contributed by atoms with Gasteiger partial charge in [0.1, 0.15) is 11.6 Å². The smallest absolute Gasteiger partial charge is 0.166 e. The summed E-state index contributed by atoms with van der Waals surface area (Å²) in [6.45, 7) is 1.46. The number of anilines is 2. The van der Waals surface area contributed by atoms with E-state index in [-0.39, 0.29) is 5.78 Å². The SMILES string of the molecule is CN(c1ncc(Cl)cc1C(=O)CCc1ccc2c(N)nccc2c1)C1CCOCC1. The zero-order valence-corrected chi connectivity index (χ0v) is 17.7. The molecule has 2 N–H and O–H groups in total. The highest BCUT2D eigenvalue weighted by molar-refractivity contribution is 6.31. The van der Waals surface area contributed by atoms with Gasteiger partial charge in [-0.05, 0) is 42.3 Å². The van der Waals surface area contributed by atoms with Crippen LogP contribution in [-0.4, -0.2) is 42.1 Å². The Morgan fingerprint density at radius 1 is 1.23 bits per heavy atom. The van der Waals surface area contributed by atoms with E-state index in [0.717, 1.165) is 42.4 Å². The Hall–Kier alpha value is -2.70. The number of aryl methyl sites for hydroxylation is 1. The lowest BCUT2D eigenvalue weighted by molar-refractivity contribution is 0.0852. The molecule has 0 amide bonds. The zero-order chi connectivity index (χ0) is 21.1. The van der Waals surface area contributed by atoms with Gasteiger partial charge in [0, 0.05) is 50.5 Å². The number of Topliss-reactive ketones (excluding diaryl/α,β-unsaturated/α-hetero) is 1. The highest BCUT2D eigenvalue weighted by Crippen LogP contribution is 2.27. The molecule has 1 saturated heterocycles. The van der Waals surface area contributed by atoms with E-state index in [4.69, 9.17) is 22.1 Å². The molecule has 1 aliphatic rings. The predicted molar refractivity (Wildman–Crippen MR) is 120 cm³/mol. The normalized spacial score (nSPS) is 14.7. The van der Waals surface area contributed by atoms with Gasteiger partial charge < -0.3 is 15.4 Å². The van der Waals surface area contributed by atoms with E-state index in [1.54, 1.807) is 18.5 Å². The predicted octanol–water partition coefficient (Wildman–Crippen LogP) is 4.30. The molecule has 2 aromatic heterocycles. The second-order valence-electron chi connectivity index (χ2n) is 7.65. The van der Waals surface area contributed by atoms with Gasteiger partial charge >= 0.3 is 0 Å². The number of rotatable bonds is 6. The van der Waals surface area contributed by atoms with Crippen LogP contribution in [0.25, 0.3) is 10.8 Å². The molecule has 1 aliphatic heterocycles. The van der Waals surface area contributed by atoms with Gasteiger partial charge in [-0.3, -0.25) is 4.79 Å². The molecule has 0 spiro atoms. The molecule has 6 nitrogen and oxygen atoms in total. The second-order valence-corrected chi connectivity index (χ2v) is 8.09. The van der Waals surface area contributed by atoms with E-state index >= 15 is 0 Å². The Morgan fingerprint density at radius 2 is 2.03 bits per heavy atom. The number of hydrogen-bond donors (Lipinski definition) is 1. The molecule has 0 atom stereocenters. The van der Waals surface area contributed by atoms with Crippen molar-refractivity contribution < 1.29 is 9.53 Å². The van der Waals surface area contributed by atoms with Crippen LogP contribution in [0.2, 0.25) is 5.02 Å². The summed E-state index contributed by atoms with van der Waals surface area (Å²) in [5.74, 6) is 1.24. The number of hydrogen-bond acceptors (Lipinski definition) is 6. The molecule has 30 heavy (non-hydrogen) atoms. The lowest BCUT2D eigenvalue weighted by atomic mass is 10.00. The summed E-state index contributed by atoms with van der Waals surface area (Å²) in [6, 6.07) is 9.99. The quantitative estimate of drug-likeness (QED) is 0.594. The number of carbonyl (C=O) groups is 1. The molecule has 0 unspecified atom stereocenters. The molecule has 0 saturated carbocycles. The summed E-state index contributed by atoms with van der Waals surface area (Å²) in [4.78, 5) is 23.8. The number of halogens is 1. The first kappa shape index (κ1) is 20.6. The number of benzene rings is 1. The molecule has 7 heteroatoms. The highest BCUT2D eigenvalue weighted by atomic mass is 35.5. The van der Waals surface area contributed by atoms with Crippen LogP contribution in [0.4, 0.5) is 11.6 Å². The van der Waals surface area contributed by atoms with Gasteiger partial charge in [0.25, 0.3) is 0 Å². The lowest BCUT2D eigenvalue weighted by Gasteiger charge is -2.33. The maximum atomic E-state index is 13.1. The molecule has 0 aliphatic carbocycles. The van der Waals surface area contributed by atoms with E-state index in [1.165, 1.54) is 0 Å². The second kappa shape index (κ2) is 8.98. The summed E-state index contributed by atoms with van der Waals surface area (Å²) in [7, 11) is 1.99. The molecular weight excluding hydrogens is 400 g/mol. The van der Waals surface area contributed by atoms with Gasteiger partial charge in [-0.25, -0.2) is 9.97 Å². The Bertz CT molecular complexity index is 1070. The van der Waals surface area contributed by atoms with Gasteiger partial charge in [-0.15, -0.1) is 0 Å². The van der Waals surface area contributed by atoms with E-state index in [0.29, 0.717) is 41.1 Å². The number of ketones is 1. The Balaban J connectivity index is 1.52. The molecular formula is C23H25ClN4O2. The fourth-order valence-electron chi connectivity index (χ4n) is 3.96. The Morgan fingerprint density at radius 3 is 2.83 bits per heavy atom. The van der Waals surface area contributed by atoms with Crippen molar-refractivity contribution in [2.75, 3.05) is 30.9 Å². The highest BCUT2D eigenvalue weighted by Gasteiger charge is 2.24. The molecule has 3 heterocycles. The van der Waals surface area contributed by atoms with Gasteiger partial charge in [-0.2, -0.15) is 0 Å². The standard InChI is InChI=1S/C23H25ClN4O2/c1-28(18-7-10-30-11-8-18)23-20(13-17(24)14-27-23)21(29)5-3-15-2-4-19-16(12-15)6-9-26-22(19)25/h2,4,6,9,12-14,18H,3,5,7-8,10-11H2,1H3,(H2,25,26). The zero-order valence-electron chi connectivity index (χ0n) is 17.0. The molecule has 4 rings (SSSR count). The summed E-state index contributed by atoms with van der Waals surface area (Å²) < 4.78 is 5.46. The van der Waals surface area contributed by atoms with Gasteiger partial charge in [0.05, 0.1) is 10.6 Å². The number of ether oxygens (including phenoxy) is 1. The van der Waals surface area contributed by atoms with Crippen LogP contribution in [0, 0.1) is 0 Å². The van der Waals surface area contributed by atoms with Gasteiger partial charge in [0.15, 0.2) is 5.78 Å². The average Bonchev–Trinajstić information content (AvgIpc) is 2.77. The maximum absolute atomic E-state index is 13.1. The van der Waals surface area contributed by atoms with Crippen molar-refractivity contribution in [1.82, 2.24) is 9.97 Å². The monoisotopic (exact) mass is 424 g/mol. The molecule has 3 aromatic rings. The number of nitrogens with two attached hydrogens (primary N) is 1. The van der Waals surface area contributed by atoms with E-state index in [2.05, 4.69) is 20.9 Å². The van der Waals surface area contributed by atoms with Crippen molar-refractivity contribution in [1.29, 1.82) is 0 Å². The minimum Gasteiger partial charge on any atom is -0.383 e. The minimum absolute atomic E-state index is 0.0354. The number of carbonyl (C=O) groups excluding carboxylic acids is 1. The summed E-state index contributed by atoms with van der Waals surface area (Å²) in [6.07, 6.45) is 6.15. The fourth-order valence-corrected chi connectivity index (χ4v) is 4.12.